The van der Waals surface area contributed by atoms with E-state index >= 15 is 0 Å². The van der Waals surface area contributed by atoms with Crippen LogP contribution < -0.4 is 4.72 Å². The number of para-hydroxylation sites is 1. The van der Waals surface area contributed by atoms with Crippen molar-refractivity contribution in [3.63, 3.8) is 0 Å². The normalized spacial score (nSPS) is 13.2. The van der Waals surface area contributed by atoms with E-state index in [1.54, 1.807) is 36.4 Å². The molecule has 0 aliphatic heterocycles. The number of nitrogens with zero attached hydrogens (tertiary/aromatic N) is 1. The number of methoxy groups -OCH3 is 1. The first kappa shape index (κ1) is 17.9. The number of hydrogen-bond donors (Lipinski definition) is 1. The summed E-state index contributed by atoms with van der Waals surface area (Å²) < 4.78 is 37.8. The number of fused-ring (bicyclic) bond motifs is 1. The summed E-state index contributed by atoms with van der Waals surface area (Å²) in [7, 11) is -2.09. The van der Waals surface area contributed by atoms with E-state index in [-0.39, 0.29) is 12.3 Å². The number of rotatable bonds is 7. The Morgan fingerprint density at radius 2 is 2.04 bits per heavy atom. The van der Waals surface area contributed by atoms with Crippen molar-refractivity contribution in [2.75, 3.05) is 13.7 Å². The van der Waals surface area contributed by atoms with E-state index in [2.05, 4.69) is 9.88 Å². The third-order valence-electron chi connectivity index (χ3n) is 3.77. The second kappa shape index (κ2) is 7.53. The van der Waals surface area contributed by atoms with E-state index in [0.717, 1.165) is 5.56 Å². The van der Waals surface area contributed by atoms with Crippen LogP contribution in [-0.2, 0) is 20.5 Å². The lowest BCUT2D eigenvalue weighted by atomic mass is 10.1. The van der Waals surface area contributed by atoms with Crippen LogP contribution in [0, 0.1) is 0 Å². The van der Waals surface area contributed by atoms with Crippen LogP contribution in [0.3, 0.4) is 0 Å². The second-order valence-corrected chi connectivity index (χ2v) is 7.76. The van der Waals surface area contributed by atoms with Gasteiger partial charge < -0.3 is 9.26 Å². The minimum atomic E-state index is -3.60. The molecule has 0 bridgehead atoms. The number of benzene rings is 2. The van der Waals surface area contributed by atoms with E-state index < -0.39 is 16.1 Å². The van der Waals surface area contributed by atoms with Gasteiger partial charge in [-0.1, -0.05) is 41.0 Å². The molecule has 1 aromatic heterocycles. The first-order valence-corrected chi connectivity index (χ1v) is 9.60. The van der Waals surface area contributed by atoms with Crippen LogP contribution in [-0.4, -0.2) is 27.2 Å². The van der Waals surface area contributed by atoms with Crippen LogP contribution in [0.1, 0.15) is 17.4 Å². The molecule has 3 aromatic rings. The first-order valence-electron chi connectivity index (χ1n) is 7.57. The summed E-state index contributed by atoms with van der Waals surface area (Å²) in [5, 5.41) is 5.11. The van der Waals surface area contributed by atoms with Gasteiger partial charge in [-0.05, 0) is 29.8 Å². The molecule has 0 radical (unpaired) electrons. The molecule has 1 N–H and O–H groups in total. The first-order chi connectivity index (χ1) is 12.0. The molecule has 1 heterocycles. The number of hydrogen-bond acceptors (Lipinski definition) is 5. The summed E-state index contributed by atoms with van der Waals surface area (Å²) in [6, 6.07) is 14.2. The zero-order valence-electron chi connectivity index (χ0n) is 13.5. The van der Waals surface area contributed by atoms with Gasteiger partial charge in [0.15, 0.2) is 5.58 Å². The summed E-state index contributed by atoms with van der Waals surface area (Å²) in [5.74, 6) is -0.268. The molecule has 0 spiro atoms. The number of ether oxygens (including phenoxy) is 1. The molecule has 6 nitrogen and oxygen atoms in total. The van der Waals surface area contributed by atoms with E-state index in [1.165, 1.54) is 7.11 Å². The monoisotopic (exact) mass is 380 g/mol. The van der Waals surface area contributed by atoms with Crippen LogP contribution in [0.4, 0.5) is 0 Å². The van der Waals surface area contributed by atoms with Crippen molar-refractivity contribution in [1.29, 1.82) is 0 Å². The highest BCUT2D eigenvalue weighted by molar-refractivity contribution is 7.88. The van der Waals surface area contributed by atoms with Gasteiger partial charge in [-0.15, -0.1) is 0 Å². The van der Waals surface area contributed by atoms with Crippen molar-refractivity contribution in [3.05, 3.63) is 64.8 Å². The molecule has 2 aromatic carbocycles. The van der Waals surface area contributed by atoms with Crippen molar-refractivity contribution < 1.29 is 17.7 Å². The van der Waals surface area contributed by atoms with E-state index in [0.29, 0.717) is 21.7 Å². The van der Waals surface area contributed by atoms with Gasteiger partial charge in [-0.3, -0.25) is 0 Å². The second-order valence-electron chi connectivity index (χ2n) is 5.51. The van der Waals surface area contributed by atoms with Crippen molar-refractivity contribution >= 4 is 32.6 Å². The number of aromatic nitrogens is 1. The molecular weight excluding hydrogens is 364 g/mol. The molecule has 0 saturated heterocycles. The number of halogens is 1. The Balaban J connectivity index is 1.70. The molecule has 1 atom stereocenters. The Morgan fingerprint density at radius 1 is 1.24 bits per heavy atom. The number of nitrogens with one attached hydrogen (secondary N) is 1. The van der Waals surface area contributed by atoms with Crippen molar-refractivity contribution in [2.45, 2.75) is 11.9 Å². The van der Waals surface area contributed by atoms with Crippen LogP contribution in [0.15, 0.2) is 53.1 Å². The molecule has 8 heteroatoms. The Morgan fingerprint density at radius 3 is 2.80 bits per heavy atom. The molecule has 0 amide bonds. The Hall–Kier alpha value is -1.93. The molecule has 0 aliphatic carbocycles. The fourth-order valence-electron chi connectivity index (χ4n) is 2.52. The maximum absolute atomic E-state index is 12.4. The minimum Gasteiger partial charge on any atom is -0.375 e. The third kappa shape index (κ3) is 4.38. The lowest BCUT2D eigenvalue weighted by molar-refractivity contribution is 0.107. The summed E-state index contributed by atoms with van der Waals surface area (Å²) in [5.41, 5.74) is 1.73. The lowest BCUT2D eigenvalue weighted by Gasteiger charge is -2.16. The quantitative estimate of drug-likeness (QED) is 0.680. The Bertz CT molecular complexity index is 971. The molecule has 25 heavy (non-hydrogen) atoms. The fourth-order valence-corrected chi connectivity index (χ4v) is 3.79. The largest absolute Gasteiger partial charge is 0.375 e. The standard InChI is InChI=1S/C17H17ClN2O4S/c1-23-17(12-5-4-6-13(18)9-12)10-19-25(21,22)11-15-14-7-2-3-8-16(14)24-20-15/h2-9,17,19H,10-11H2,1H3. The molecule has 1 unspecified atom stereocenters. The number of sulfonamides is 1. The predicted molar refractivity (Wildman–Crippen MR) is 95.8 cm³/mol. The van der Waals surface area contributed by atoms with E-state index in [1.807, 2.05) is 12.1 Å². The van der Waals surface area contributed by atoms with Crippen LogP contribution in [0.25, 0.3) is 11.0 Å². The SMILES string of the molecule is COC(CNS(=O)(=O)Cc1noc2ccccc12)c1cccc(Cl)c1. The Labute approximate surface area is 150 Å². The van der Waals surface area contributed by atoms with Gasteiger partial charge in [0, 0.05) is 24.1 Å². The van der Waals surface area contributed by atoms with E-state index in [9.17, 15) is 8.42 Å². The van der Waals surface area contributed by atoms with Crippen molar-refractivity contribution in [3.8, 4) is 0 Å². The van der Waals surface area contributed by atoms with Gasteiger partial charge in [0.1, 0.15) is 11.4 Å². The molecule has 132 valence electrons. The lowest BCUT2D eigenvalue weighted by Crippen LogP contribution is -2.30. The average Bonchev–Trinajstić information content (AvgIpc) is 2.98. The van der Waals surface area contributed by atoms with Crippen molar-refractivity contribution in [1.82, 2.24) is 9.88 Å². The molecule has 0 saturated carbocycles. The fraction of sp³-hybridized carbons (Fsp3) is 0.235. The molecular formula is C17H17ClN2O4S. The average molecular weight is 381 g/mol. The summed E-state index contributed by atoms with van der Waals surface area (Å²) in [6.45, 7) is 0.0922. The van der Waals surface area contributed by atoms with Crippen molar-refractivity contribution in [2.24, 2.45) is 0 Å². The van der Waals surface area contributed by atoms with Crippen LogP contribution in [0.5, 0.6) is 0 Å². The van der Waals surface area contributed by atoms with Crippen LogP contribution >= 0.6 is 11.6 Å². The Kier molecular flexibility index (Phi) is 5.39. The maximum atomic E-state index is 12.4. The van der Waals surface area contributed by atoms with Gasteiger partial charge in [0.05, 0.1) is 6.10 Å². The highest BCUT2D eigenvalue weighted by atomic mass is 35.5. The predicted octanol–water partition coefficient (Wildman–Crippen LogP) is 3.29. The maximum Gasteiger partial charge on any atom is 0.217 e. The van der Waals surface area contributed by atoms with Gasteiger partial charge in [0.25, 0.3) is 0 Å². The highest BCUT2D eigenvalue weighted by Crippen LogP contribution is 2.21. The topological polar surface area (TPSA) is 81.4 Å². The zero-order valence-corrected chi connectivity index (χ0v) is 15.0. The van der Waals surface area contributed by atoms with Gasteiger partial charge in [0.2, 0.25) is 10.0 Å². The summed E-state index contributed by atoms with van der Waals surface area (Å²) in [6.07, 6.45) is -0.442. The highest BCUT2D eigenvalue weighted by Gasteiger charge is 2.20. The smallest absolute Gasteiger partial charge is 0.217 e. The van der Waals surface area contributed by atoms with Gasteiger partial charge in [-0.25, -0.2) is 13.1 Å². The van der Waals surface area contributed by atoms with Crippen LogP contribution in [0.2, 0.25) is 5.02 Å². The zero-order chi connectivity index (χ0) is 17.9. The van der Waals surface area contributed by atoms with E-state index in [4.69, 9.17) is 20.9 Å². The summed E-state index contributed by atoms with van der Waals surface area (Å²) >= 11 is 5.97. The summed E-state index contributed by atoms with van der Waals surface area (Å²) in [4.78, 5) is 0. The molecule has 0 aliphatic rings. The molecule has 3 rings (SSSR count). The van der Waals surface area contributed by atoms with Gasteiger partial charge in [-0.2, -0.15) is 0 Å². The molecule has 0 fully saturated rings. The minimum absolute atomic E-state index is 0.0922. The third-order valence-corrected chi connectivity index (χ3v) is 5.27. The van der Waals surface area contributed by atoms with Gasteiger partial charge >= 0.3 is 0 Å².